The van der Waals surface area contributed by atoms with Gasteiger partial charge < -0.3 is 0 Å². The number of hydrogen-bond donors (Lipinski definition) is 0. The van der Waals surface area contributed by atoms with Gasteiger partial charge in [0.25, 0.3) is 0 Å². The molecule has 1 aliphatic carbocycles. The van der Waals surface area contributed by atoms with Crippen molar-refractivity contribution in [3.05, 3.63) is 16.4 Å². The van der Waals surface area contributed by atoms with Crippen molar-refractivity contribution in [1.82, 2.24) is 9.78 Å². The van der Waals surface area contributed by atoms with E-state index in [1.807, 2.05) is 0 Å². The van der Waals surface area contributed by atoms with Crippen LogP contribution in [0.1, 0.15) is 49.4 Å². The second-order valence-electron chi connectivity index (χ2n) is 4.50. The summed E-state index contributed by atoms with van der Waals surface area (Å²) in [5, 5.41) is 3.79. The maximum atomic E-state index is 12.7. The third-order valence-corrected chi connectivity index (χ3v) is 3.72. The summed E-state index contributed by atoms with van der Waals surface area (Å²) in [6.07, 6.45) is 0.493. The van der Waals surface area contributed by atoms with Crippen LogP contribution < -0.4 is 0 Å². The topological polar surface area (TPSA) is 17.8 Å². The molecule has 2 nitrogen and oxygen atoms in total. The molecule has 96 valence electrons. The minimum atomic E-state index is -4.42. The Labute approximate surface area is 103 Å². The van der Waals surface area contributed by atoms with E-state index in [1.165, 1.54) is 11.6 Å². The van der Waals surface area contributed by atoms with E-state index in [2.05, 4.69) is 5.10 Å². The van der Waals surface area contributed by atoms with Crippen molar-refractivity contribution in [3.63, 3.8) is 0 Å². The highest BCUT2D eigenvalue weighted by Crippen LogP contribution is 2.37. The van der Waals surface area contributed by atoms with Crippen LogP contribution in [-0.2, 0) is 6.18 Å². The molecule has 0 bridgehead atoms. The first-order chi connectivity index (χ1) is 7.91. The summed E-state index contributed by atoms with van der Waals surface area (Å²) in [5.74, 6) is 0. The van der Waals surface area contributed by atoms with Crippen LogP contribution in [0.5, 0.6) is 0 Å². The molecule has 0 N–H and O–H groups in total. The van der Waals surface area contributed by atoms with Crippen LogP contribution in [0.15, 0.2) is 0 Å². The molecule has 1 aliphatic rings. The van der Waals surface area contributed by atoms with E-state index in [9.17, 15) is 13.2 Å². The van der Waals surface area contributed by atoms with Crippen molar-refractivity contribution < 1.29 is 13.2 Å². The molecule has 1 saturated carbocycles. The molecule has 0 amide bonds. The predicted octanol–water partition coefficient (Wildman–Crippen LogP) is 4.37. The van der Waals surface area contributed by atoms with Crippen molar-refractivity contribution in [3.8, 4) is 0 Å². The summed E-state index contributed by atoms with van der Waals surface area (Å²) in [6, 6.07) is 0.0195. The number of nitrogens with zero attached hydrogens (tertiary/aromatic N) is 2. The maximum Gasteiger partial charge on any atom is 0.435 e. The van der Waals surface area contributed by atoms with E-state index in [-0.39, 0.29) is 16.8 Å². The Morgan fingerprint density at radius 3 is 2.29 bits per heavy atom. The molecule has 0 unspecified atom stereocenters. The van der Waals surface area contributed by atoms with Crippen LogP contribution >= 0.6 is 11.6 Å². The molecular weight excluding hydrogens is 253 g/mol. The number of alkyl halides is 3. The first-order valence-corrected chi connectivity index (χ1v) is 6.11. The van der Waals surface area contributed by atoms with Crippen LogP contribution in [0.3, 0.4) is 0 Å². The second kappa shape index (κ2) is 4.52. The van der Waals surface area contributed by atoms with Gasteiger partial charge >= 0.3 is 6.18 Å². The lowest BCUT2D eigenvalue weighted by Crippen LogP contribution is -2.15. The summed E-state index contributed by atoms with van der Waals surface area (Å²) < 4.78 is 39.4. The Morgan fingerprint density at radius 2 is 1.82 bits per heavy atom. The van der Waals surface area contributed by atoms with E-state index in [0.717, 1.165) is 32.1 Å². The average Bonchev–Trinajstić information content (AvgIpc) is 2.57. The fourth-order valence-electron chi connectivity index (χ4n) is 2.33. The number of halogens is 4. The van der Waals surface area contributed by atoms with E-state index in [0.29, 0.717) is 0 Å². The summed E-state index contributed by atoms with van der Waals surface area (Å²) >= 11 is 5.95. The molecule has 1 heterocycles. The van der Waals surface area contributed by atoms with Crippen molar-refractivity contribution in [2.24, 2.45) is 0 Å². The number of aromatic nitrogens is 2. The summed E-state index contributed by atoms with van der Waals surface area (Å²) in [4.78, 5) is 0. The van der Waals surface area contributed by atoms with E-state index in [4.69, 9.17) is 11.6 Å². The molecule has 1 aromatic heterocycles. The fourth-order valence-corrected chi connectivity index (χ4v) is 2.60. The van der Waals surface area contributed by atoms with Crippen molar-refractivity contribution >= 4 is 11.6 Å². The largest absolute Gasteiger partial charge is 0.435 e. The van der Waals surface area contributed by atoms with Gasteiger partial charge in [0.2, 0.25) is 0 Å². The molecule has 0 aliphatic heterocycles. The zero-order valence-electron chi connectivity index (χ0n) is 9.52. The number of rotatable bonds is 1. The van der Waals surface area contributed by atoms with E-state index >= 15 is 0 Å². The van der Waals surface area contributed by atoms with Crippen molar-refractivity contribution in [2.75, 3.05) is 0 Å². The average molecular weight is 267 g/mol. The molecule has 0 saturated heterocycles. The monoisotopic (exact) mass is 266 g/mol. The van der Waals surface area contributed by atoms with Gasteiger partial charge in [-0.2, -0.15) is 18.3 Å². The minimum absolute atomic E-state index is 0.0195. The quantitative estimate of drug-likeness (QED) is 0.738. The zero-order chi connectivity index (χ0) is 12.6. The minimum Gasteiger partial charge on any atom is -0.250 e. The Balaban J connectivity index is 2.35. The molecule has 0 aromatic carbocycles. The molecule has 1 fully saturated rings. The lowest BCUT2D eigenvalue weighted by molar-refractivity contribution is -0.142. The normalized spacial score (nSPS) is 18.6. The third-order valence-electron chi connectivity index (χ3n) is 3.26. The summed E-state index contributed by atoms with van der Waals surface area (Å²) in [6.45, 7) is 1.37. The first-order valence-electron chi connectivity index (χ1n) is 5.73. The highest BCUT2D eigenvalue weighted by atomic mass is 35.5. The molecule has 17 heavy (non-hydrogen) atoms. The second-order valence-corrected chi connectivity index (χ2v) is 4.86. The van der Waals surface area contributed by atoms with E-state index < -0.39 is 11.9 Å². The fraction of sp³-hybridized carbons (Fsp3) is 0.727. The van der Waals surface area contributed by atoms with E-state index in [1.54, 1.807) is 0 Å². The molecule has 0 spiro atoms. The highest BCUT2D eigenvalue weighted by Gasteiger charge is 2.38. The van der Waals surface area contributed by atoms with Crippen LogP contribution in [-0.4, -0.2) is 9.78 Å². The van der Waals surface area contributed by atoms with Gasteiger partial charge in [-0.25, -0.2) is 0 Å². The SMILES string of the molecule is Cc1c(C(F)(F)F)nn(C2CCCCC2)c1Cl. The van der Waals surface area contributed by atoms with Crippen molar-refractivity contribution in [2.45, 2.75) is 51.2 Å². The molecule has 0 radical (unpaired) electrons. The predicted molar refractivity (Wildman–Crippen MR) is 59.1 cm³/mol. The Morgan fingerprint density at radius 1 is 1.24 bits per heavy atom. The first kappa shape index (κ1) is 12.7. The molecule has 1 aromatic rings. The number of hydrogen-bond acceptors (Lipinski definition) is 1. The Kier molecular flexibility index (Phi) is 3.39. The van der Waals surface area contributed by atoms with Crippen LogP contribution in [0.2, 0.25) is 5.15 Å². The van der Waals surface area contributed by atoms with Crippen LogP contribution in [0, 0.1) is 6.92 Å². The molecule has 0 atom stereocenters. The van der Waals surface area contributed by atoms with Gasteiger partial charge in [0.05, 0.1) is 6.04 Å². The lowest BCUT2D eigenvalue weighted by atomic mass is 9.96. The summed E-state index contributed by atoms with van der Waals surface area (Å²) in [5.41, 5.74) is -0.821. The van der Waals surface area contributed by atoms with Gasteiger partial charge in [-0.3, -0.25) is 4.68 Å². The summed E-state index contributed by atoms with van der Waals surface area (Å²) in [7, 11) is 0. The smallest absolute Gasteiger partial charge is 0.250 e. The Hall–Kier alpha value is -0.710. The van der Waals surface area contributed by atoms with Crippen molar-refractivity contribution in [1.29, 1.82) is 0 Å². The standard InChI is InChI=1S/C11H14ClF3N2/c1-7-9(11(13,14)15)16-17(10(7)12)8-5-3-2-4-6-8/h8H,2-6H2,1H3. The van der Waals surface area contributed by atoms with Gasteiger partial charge in [0.15, 0.2) is 5.69 Å². The highest BCUT2D eigenvalue weighted by molar-refractivity contribution is 6.30. The van der Waals surface area contributed by atoms with Gasteiger partial charge in [0.1, 0.15) is 5.15 Å². The molecular formula is C11H14ClF3N2. The maximum absolute atomic E-state index is 12.7. The molecule has 6 heteroatoms. The molecule has 2 rings (SSSR count). The Bertz CT molecular complexity index is 406. The van der Waals surface area contributed by atoms with Gasteiger partial charge in [-0.05, 0) is 19.8 Å². The van der Waals surface area contributed by atoms with Crippen LogP contribution in [0.25, 0.3) is 0 Å². The van der Waals surface area contributed by atoms with Gasteiger partial charge in [0, 0.05) is 5.56 Å². The van der Waals surface area contributed by atoms with Gasteiger partial charge in [-0.1, -0.05) is 30.9 Å². The lowest BCUT2D eigenvalue weighted by Gasteiger charge is -2.22. The zero-order valence-corrected chi connectivity index (χ0v) is 10.3. The van der Waals surface area contributed by atoms with Crippen LogP contribution in [0.4, 0.5) is 13.2 Å². The third kappa shape index (κ3) is 2.44. The van der Waals surface area contributed by atoms with Gasteiger partial charge in [-0.15, -0.1) is 0 Å².